The Morgan fingerprint density at radius 3 is 2.88 bits per heavy atom. The molecule has 0 spiro atoms. The Bertz CT molecular complexity index is 348. The topological polar surface area (TPSA) is 24.9 Å². The molecule has 1 aromatic rings. The first-order valence-electron chi connectivity index (χ1n) is 6.79. The molecule has 1 heterocycles. The van der Waals surface area contributed by atoms with Crippen LogP contribution in [0.5, 0.6) is 0 Å². The summed E-state index contributed by atoms with van der Waals surface area (Å²) in [7, 11) is 0. The highest BCUT2D eigenvalue weighted by molar-refractivity contribution is 7.09. The zero-order valence-electron chi connectivity index (χ0n) is 11.2. The fraction of sp³-hybridized carbons (Fsp3) is 0.786. The molecule has 0 radical (unpaired) electrons. The lowest BCUT2D eigenvalue weighted by molar-refractivity contribution is 0.229. The maximum Gasteiger partial charge on any atom is 0.0897 e. The van der Waals surface area contributed by atoms with Crippen molar-refractivity contribution in [1.29, 1.82) is 0 Å². The molecule has 1 aromatic heterocycles. The van der Waals surface area contributed by atoms with E-state index in [2.05, 4.69) is 36.5 Å². The third-order valence-electron chi connectivity index (χ3n) is 3.89. The van der Waals surface area contributed by atoms with Crippen molar-refractivity contribution in [1.82, 2.24) is 10.3 Å². The van der Waals surface area contributed by atoms with Gasteiger partial charge in [0.2, 0.25) is 0 Å². The van der Waals surface area contributed by atoms with Gasteiger partial charge >= 0.3 is 0 Å². The summed E-state index contributed by atoms with van der Waals surface area (Å²) in [5.74, 6) is 1.75. The monoisotopic (exact) mass is 252 g/mol. The van der Waals surface area contributed by atoms with Crippen molar-refractivity contribution in [2.75, 3.05) is 6.54 Å². The molecule has 0 saturated heterocycles. The van der Waals surface area contributed by atoms with Gasteiger partial charge in [0.1, 0.15) is 0 Å². The van der Waals surface area contributed by atoms with Crippen LogP contribution in [-0.4, -0.2) is 17.6 Å². The van der Waals surface area contributed by atoms with Crippen LogP contribution in [0.1, 0.15) is 43.8 Å². The number of hydrogen-bond acceptors (Lipinski definition) is 3. The summed E-state index contributed by atoms with van der Waals surface area (Å²) in [5.41, 5.74) is 1.25. The van der Waals surface area contributed by atoms with E-state index in [9.17, 15) is 0 Å². The van der Waals surface area contributed by atoms with Gasteiger partial charge in [-0.25, -0.2) is 4.98 Å². The molecule has 17 heavy (non-hydrogen) atoms. The number of thiazole rings is 1. The van der Waals surface area contributed by atoms with E-state index in [1.165, 1.54) is 30.0 Å². The molecule has 3 atom stereocenters. The van der Waals surface area contributed by atoms with Crippen LogP contribution in [0, 0.1) is 18.8 Å². The molecule has 0 amide bonds. The predicted molar refractivity (Wildman–Crippen MR) is 74.5 cm³/mol. The number of rotatable bonds is 4. The van der Waals surface area contributed by atoms with Crippen molar-refractivity contribution < 1.29 is 0 Å². The summed E-state index contributed by atoms with van der Waals surface area (Å²) in [6.45, 7) is 7.92. The number of aromatic nitrogens is 1. The lowest BCUT2D eigenvalue weighted by Crippen LogP contribution is -2.39. The molecule has 2 nitrogen and oxygen atoms in total. The number of nitrogens with zero attached hydrogens (tertiary/aromatic N) is 1. The van der Waals surface area contributed by atoms with Gasteiger partial charge in [-0.2, -0.15) is 0 Å². The second kappa shape index (κ2) is 5.96. The van der Waals surface area contributed by atoms with E-state index in [1.54, 1.807) is 11.3 Å². The Labute approximate surface area is 109 Å². The maximum absolute atomic E-state index is 4.50. The number of aryl methyl sites for hydroxylation is 1. The molecule has 0 bridgehead atoms. The Morgan fingerprint density at radius 1 is 1.41 bits per heavy atom. The van der Waals surface area contributed by atoms with Crippen molar-refractivity contribution in [2.45, 2.75) is 52.5 Å². The van der Waals surface area contributed by atoms with Crippen LogP contribution in [0.4, 0.5) is 0 Å². The molecular formula is C14H24N2S. The highest BCUT2D eigenvalue weighted by atomic mass is 32.1. The van der Waals surface area contributed by atoms with E-state index in [-0.39, 0.29) is 0 Å². The third kappa shape index (κ3) is 3.78. The van der Waals surface area contributed by atoms with Gasteiger partial charge in [-0.3, -0.25) is 0 Å². The first-order valence-corrected chi connectivity index (χ1v) is 7.67. The van der Waals surface area contributed by atoms with Gasteiger partial charge < -0.3 is 5.32 Å². The normalized spacial score (nSPS) is 29.5. The quantitative estimate of drug-likeness (QED) is 0.888. The average molecular weight is 252 g/mol. The van der Waals surface area contributed by atoms with E-state index < -0.39 is 0 Å². The first kappa shape index (κ1) is 13.0. The van der Waals surface area contributed by atoms with Crippen LogP contribution in [0.25, 0.3) is 0 Å². The molecule has 1 saturated carbocycles. The van der Waals surface area contributed by atoms with E-state index in [0.29, 0.717) is 0 Å². The Balaban J connectivity index is 1.71. The van der Waals surface area contributed by atoms with Crippen molar-refractivity contribution in [2.24, 2.45) is 11.8 Å². The van der Waals surface area contributed by atoms with Gasteiger partial charge in [-0.1, -0.05) is 13.8 Å². The fourth-order valence-electron chi connectivity index (χ4n) is 2.88. The van der Waals surface area contributed by atoms with E-state index in [1.807, 2.05) is 0 Å². The molecule has 1 fully saturated rings. The van der Waals surface area contributed by atoms with Crippen LogP contribution in [0.3, 0.4) is 0 Å². The zero-order chi connectivity index (χ0) is 12.3. The van der Waals surface area contributed by atoms with Gasteiger partial charge in [0.25, 0.3) is 0 Å². The van der Waals surface area contributed by atoms with Crippen LogP contribution in [0.15, 0.2) is 5.38 Å². The Hall–Kier alpha value is -0.410. The lowest BCUT2D eigenvalue weighted by atomic mass is 9.80. The third-order valence-corrected chi connectivity index (χ3v) is 4.71. The Morgan fingerprint density at radius 2 is 2.24 bits per heavy atom. The molecule has 3 unspecified atom stereocenters. The highest BCUT2D eigenvalue weighted by Crippen LogP contribution is 2.28. The summed E-state index contributed by atoms with van der Waals surface area (Å²) in [5, 5.41) is 7.08. The van der Waals surface area contributed by atoms with Crippen LogP contribution >= 0.6 is 11.3 Å². The smallest absolute Gasteiger partial charge is 0.0897 e. The largest absolute Gasteiger partial charge is 0.313 e. The average Bonchev–Trinajstić information content (AvgIpc) is 2.68. The molecule has 1 aliphatic carbocycles. The highest BCUT2D eigenvalue weighted by Gasteiger charge is 2.24. The molecule has 3 heteroatoms. The number of hydrogen-bond donors (Lipinski definition) is 1. The maximum atomic E-state index is 4.50. The first-order chi connectivity index (χ1) is 8.15. The van der Waals surface area contributed by atoms with Gasteiger partial charge in [-0.05, 0) is 38.0 Å². The summed E-state index contributed by atoms with van der Waals surface area (Å²) in [6.07, 6.45) is 5.19. The summed E-state index contributed by atoms with van der Waals surface area (Å²) in [4.78, 5) is 4.50. The second-order valence-electron chi connectivity index (χ2n) is 5.56. The Kier molecular flexibility index (Phi) is 4.57. The van der Waals surface area contributed by atoms with Crippen LogP contribution < -0.4 is 5.32 Å². The molecule has 1 N–H and O–H groups in total. The van der Waals surface area contributed by atoms with Gasteiger partial charge in [-0.15, -0.1) is 11.3 Å². The van der Waals surface area contributed by atoms with Crippen molar-refractivity contribution in [3.63, 3.8) is 0 Å². The standard InChI is InChI=1S/C14H24N2S/c1-10-4-5-14(11(2)8-10)15-7-6-13-9-17-12(3)16-13/h9-11,14-15H,4-8H2,1-3H3. The van der Waals surface area contributed by atoms with Gasteiger partial charge in [0.15, 0.2) is 0 Å². The molecule has 0 aromatic carbocycles. The predicted octanol–water partition coefficient (Wildman–Crippen LogP) is 3.41. The van der Waals surface area contributed by atoms with Gasteiger partial charge in [0.05, 0.1) is 10.7 Å². The van der Waals surface area contributed by atoms with E-state index >= 15 is 0 Å². The molecular weight excluding hydrogens is 228 g/mol. The van der Waals surface area contributed by atoms with Crippen molar-refractivity contribution in [3.05, 3.63) is 16.1 Å². The second-order valence-corrected chi connectivity index (χ2v) is 6.63. The molecule has 96 valence electrons. The minimum Gasteiger partial charge on any atom is -0.313 e. The van der Waals surface area contributed by atoms with E-state index in [4.69, 9.17) is 0 Å². The van der Waals surface area contributed by atoms with Crippen LogP contribution in [-0.2, 0) is 6.42 Å². The van der Waals surface area contributed by atoms with Gasteiger partial charge in [0, 0.05) is 24.4 Å². The summed E-state index contributed by atoms with van der Waals surface area (Å²) < 4.78 is 0. The molecule has 1 aliphatic rings. The minimum absolute atomic E-state index is 0.728. The minimum atomic E-state index is 0.728. The fourth-order valence-corrected chi connectivity index (χ4v) is 3.52. The summed E-state index contributed by atoms with van der Waals surface area (Å²) in [6, 6.07) is 0.728. The SMILES string of the molecule is Cc1nc(CCNC2CCC(C)CC2C)cs1. The molecule has 2 rings (SSSR count). The van der Waals surface area contributed by atoms with E-state index in [0.717, 1.165) is 30.8 Å². The number of nitrogens with one attached hydrogen (secondary N) is 1. The molecule has 0 aliphatic heterocycles. The summed E-state index contributed by atoms with van der Waals surface area (Å²) >= 11 is 1.75. The zero-order valence-corrected chi connectivity index (χ0v) is 12.0. The van der Waals surface area contributed by atoms with Crippen molar-refractivity contribution in [3.8, 4) is 0 Å². The van der Waals surface area contributed by atoms with Crippen LogP contribution in [0.2, 0.25) is 0 Å². The lowest BCUT2D eigenvalue weighted by Gasteiger charge is -2.33. The van der Waals surface area contributed by atoms with Crippen molar-refractivity contribution >= 4 is 11.3 Å².